The van der Waals surface area contributed by atoms with Crippen LogP contribution < -0.4 is 10.6 Å². The Kier molecular flexibility index (Phi) is 4.37. The van der Waals surface area contributed by atoms with Gasteiger partial charge in [0.2, 0.25) is 5.95 Å². The lowest BCUT2D eigenvalue weighted by molar-refractivity contribution is -0.113. The normalized spacial score (nSPS) is 15.9. The topological polar surface area (TPSA) is 84.7 Å². The molecule has 2 heterocycles. The predicted molar refractivity (Wildman–Crippen MR) is 104 cm³/mol. The number of aryl methyl sites for hydroxylation is 1. The Labute approximate surface area is 161 Å². The molecule has 1 atom stereocenters. The number of nitrogens with zero attached hydrogens (tertiary/aromatic N) is 4. The lowest BCUT2D eigenvalue weighted by Crippen LogP contribution is -2.31. The Morgan fingerprint density at radius 1 is 1.19 bits per heavy atom. The van der Waals surface area contributed by atoms with Crippen molar-refractivity contribution in [1.82, 2.24) is 20.2 Å². The maximum absolute atomic E-state index is 13.2. The van der Waals surface area contributed by atoms with Crippen LogP contribution in [0.4, 0.5) is 11.6 Å². The third-order valence-corrected chi connectivity index (χ3v) is 4.78. The van der Waals surface area contributed by atoms with Crippen molar-refractivity contribution in [3.8, 4) is 0 Å². The van der Waals surface area contributed by atoms with Gasteiger partial charge in [0.25, 0.3) is 5.91 Å². The van der Waals surface area contributed by atoms with Crippen molar-refractivity contribution in [2.45, 2.75) is 19.9 Å². The first-order valence-electron chi connectivity index (χ1n) is 8.42. The van der Waals surface area contributed by atoms with Crippen LogP contribution in [0, 0.1) is 6.92 Å². The van der Waals surface area contributed by atoms with Crippen LogP contribution in [0.3, 0.4) is 0 Å². The SMILES string of the molecule is CC1=C(C(=O)Nc2cccc(C)c2)C(c2ccccc2Cl)n2nnnc2N1. The van der Waals surface area contributed by atoms with E-state index in [2.05, 4.69) is 26.2 Å². The van der Waals surface area contributed by atoms with Crippen LogP contribution >= 0.6 is 11.6 Å². The number of allylic oxidation sites excluding steroid dienone is 1. The first-order valence-corrected chi connectivity index (χ1v) is 8.80. The van der Waals surface area contributed by atoms with Crippen molar-refractivity contribution >= 4 is 29.1 Å². The molecule has 0 bridgehead atoms. The zero-order valence-electron chi connectivity index (χ0n) is 14.8. The molecule has 2 aromatic carbocycles. The molecule has 0 saturated carbocycles. The second-order valence-corrected chi connectivity index (χ2v) is 6.77. The summed E-state index contributed by atoms with van der Waals surface area (Å²) >= 11 is 6.43. The Morgan fingerprint density at radius 3 is 2.78 bits per heavy atom. The minimum Gasteiger partial charge on any atom is -0.326 e. The summed E-state index contributed by atoms with van der Waals surface area (Å²) < 4.78 is 1.57. The first-order chi connectivity index (χ1) is 13.0. The van der Waals surface area contributed by atoms with Crippen LogP contribution in [0.5, 0.6) is 0 Å². The smallest absolute Gasteiger partial charge is 0.255 e. The molecule has 0 aliphatic carbocycles. The Hall–Kier alpha value is -3.19. The summed E-state index contributed by atoms with van der Waals surface area (Å²) in [5, 5.41) is 18.4. The van der Waals surface area contributed by atoms with Gasteiger partial charge in [-0.2, -0.15) is 4.68 Å². The maximum atomic E-state index is 13.2. The van der Waals surface area contributed by atoms with Gasteiger partial charge in [0.1, 0.15) is 6.04 Å². The number of carbonyl (C=O) groups is 1. The molecule has 0 spiro atoms. The van der Waals surface area contributed by atoms with E-state index in [1.165, 1.54) is 0 Å². The molecule has 27 heavy (non-hydrogen) atoms. The number of amides is 1. The van der Waals surface area contributed by atoms with Gasteiger partial charge in [-0.1, -0.05) is 47.0 Å². The summed E-state index contributed by atoms with van der Waals surface area (Å²) in [5.41, 5.74) is 3.71. The molecule has 1 unspecified atom stereocenters. The third-order valence-electron chi connectivity index (χ3n) is 4.43. The molecule has 8 heteroatoms. The van der Waals surface area contributed by atoms with Crippen molar-refractivity contribution in [1.29, 1.82) is 0 Å². The lowest BCUT2D eigenvalue weighted by atomic mass is 9.95. The van der Waals surface area contributed by atoms with E-state index in [1.54, 1.807) is 10.7 Å². The molecule has 0 saturated heterocycles. The number of rotatable bonds is 3. The van der Waals surface area contributed by atoms with Crippen molar-refractivity contribution in [2.24, 2.45) is 0 Å². The van der Waals surface area contributed by atoms with Crippen LogP contribution in [0.15, 0.2) is 59.8 Å². The van der Waals surface area contributed by atoms with Crippen molar-refractivity contribution in [2.75, 3.05) is 10.6 Å². The average Bonchev–Trinajstić information content (AvgIpc) is 3.09. The maximum Gasteiger partial charge on any atom is 0.255 e. The number of anilines is 2. The fourth-order valence-corrected chi connectivity index (χ4v) is 3.45. The average molecular weight is 381 g/mol. The van der Waals surface area contributed by atoms with Crippen LogP contribution in [-0.4, -0.2) is 26.1 Å². The van der Waals surface area contributed by atoms with Crippen LogP contribution in [-0.2, 0) is 4.79 Å². The van der Waals surface area contributed by atoms with Crippen molar-refractivity contribution < 1.29 is 4.79 Å². The summed E-state index contributed by atoms with van der Waals surface area (Å²) in [5.74, 6) is 0.223. The van der Waals surface area contributed by atoms with E-state index in [-0.39, 0.29) is 5.91 Å². The highest BCUT2D eigenvalue weighted by Crippen LogP contribution is 2.37. The second-order valence-electron chi connectivity index (χ2n) is 6.36. The minimum atomic E-state index is -0.533. The van der Waals surface area contributed by atoms with Crippen LogP contribution in [0.2, 0.25) is 5.02 Å². The Balaban J connectivity index is 1.79. The van der Waals surface area contributed by atoms with E-state index in [0.29, 0.717) is 22.2 Å². The molecule has 136 valence electrons. The van der Waals surface area contributed by atoms with Gasteiger partial charge < -0.3 is 10.6 Å². The van der Waals surface area contributed by atoms with Gasteiger partial charge in [0, 0.05) is 22.0 Å². The first kappa shape index (κ1) is 17.2. The molecule has 0 fully saturated rings. The van der Waals surface area contributed by atoms with E-state index in [1.807, 2.05) is 56.3 Å². The second kappa shape index (κ2) is 6.85. The number of tetrazole rings is 1. The highest BCUT2D eigenvalue weighted by molar-refractivity contribution is 6.31. The van der Waals surface area contributed by atoms with E-state index < -0.39 is 6.04 Å². The molecule has 4 rings (SSSR count). The number of carbonyl (C=O) groups excluding carboxylic acids is 1. The zero-order chi connectivity index (χ0) is 19.0. The van der Waals surface area contributed by atoms with E-state index in [4.69, 9.17) is 11.6 Å². The van der Waals surface area contributed by atoms with Gasteiger partial charge in [-0.05, 0) is 48.0 Å². The molecular weight excluding hydrogens is 364 g/mol. The zero-order valence-corrected chi connectivity index (χ0v) is 15.5. The predicted octanol–water partition coefficient (Wildman–Crippen LogP) is 3.56. The van der Waals surface area contributed by atoms with E-state index in [0.717, 1.165) is 16.8 Å². The number of aromatic nitrogens is 4. The van der Waals surface area contributed by atoms with Crippen LogP contribution in [0.1, 0.15) is 24.1 Å². The largest absolute Gasteiger partial charge is 0.326 e. The molecule has 2 N–H and O–H groups in total. The highest BCUT2D eigenvalue weighted by Gasteiger charge is 2.35. The van der Waals surface area contributed by atoms with Crippen molar-refractivity contribution in [3.63, 3.8) is 0 Å². The van der Waals surface area contributed by atoms with Gasteiger partial charge in [-0.25, -0.2) is 0 Å². The summed E-state index contributed by atoms with van der Waals surface area (Å²) in [6.45, 7) is 3.80. The number of nitrogens with one attached hydrogen (secondary N) is 2. The van der Waals surface area contributed by atoms with E-state index >= 15 is 0 Å². The minimum absolute atomic E-state index is 0.239. The number of fused-ring (bicyclic) bond motifs is 1. The number of benzene rings is 2. The molecule has 0 radical (unpaired) electrons. The summed E-state index contributed by atoms with van der Waals surface area (Å²) in [4.78, 5) is 13.2. The summed E-state index contributed by atoms with van der Waals surface area (Å²) in [6, 6.07) is 14.5. The lowest BCUT2D eigenvalue weighted by Gasteiger charge is -2.28. The Bertz CT molecular complexity index is 1060. The Morgan fingerprint density at radius 2 is 2.00 bits per heavy atom. The molecule has 1 aliphatic rings. The molecule has 3 aromatic rings. The molecular formula is C19H17ClN6O. The van der Waals surface area contributed by atoms with Gasteiger partial charge >= 0.3 is 0 Å². The number of halogens is 1. The molecule has 1 aliphatic heterocycles. The van der Waals surface area contributed by atoms with Gasteiger partial charge in [-0.3, -0.25) is 4.79 Å². The molecule has 7 nitrogen and oxygen atoms in total. The summed E-state index contributed by atoms with van der Waals surface area (Å²) in [7, 11) is 0. The fraction of sp³-hybridized carbons (Fsp3) is 0.158. The quantitative estimate of drug-likeness (QED) is 0.725. The van der Waals surface area contributed by atoms with Gasteiger partial charge in [0.05, 0.1) is 5.57 Å². The third kappa shape index (κ3) is 3.17. The number of hydrogen-bond acceptors (Lipinski definition) is 5. The van der Waals surface area contributed by atoms with Gasteiger partial charge in [0.15, 0.2) is 0 Å². The monoisotopic (exact) mass is 380 g/mol. The highest BCUT2D eigenvalue weighted by atomic mass is 35.5. The number of hydrogen-bond donors (Lipinski definition) is 2. The summed E-state index contributed by atoms with van der Waals surface area (Å²) in [6.07, 6.45) is 0. The van der Waals surface area contributed by atoms with Crippen LogP contribution in [0.25, 0.3) is 0 Å². The van der Waals surface area contributed by atoms with Crippen molar-refractivity contribution in [3.05, 3.63) is 76.0 Å². The standard InChI is InChI=1S/C19H17ClN6O/c1-11-6-5-7-13(10-11)22-18(27)16-12(2)21-19-23-24-25-26(19)17(16)14-8-3-4-9-15(14)20/h3-10,17H,1-2H3,(H,22,27)(H,21,23,25). The molecule has 1 amide bonds. The van der Waals surface area contributed by atoms with E-state index in [9.17, 15) is 4.79 Å². The van der Waals surface area contributed by atoms with Gasteiger partial charge in [-0.15, -0.1) is 0 Å². The fourth-order valence-electron chi connectivity index (χ4n) is 3.21. The molecule has 1 aromatic heterocycles.